The van der Waals surface area contributed by atoms with Crippen LogP contribution in [0.15, 0.2) is 59.6 Å². The van der Waals surface area contributed by atoms with E-state index in [1.54, 1.807) is 18.4 Å². The topological polar surface area (TPSA) is 68.2 Å². The third kappa shape index (κ3) is 4.66. The van der Waals surface area contributed by atoms with Crippen LogP contribution >= 0.6 is 0 Å². The van der Waals surface area contributed by atoms with Crippen molar-refractivity contribution in [1.29, 1.82) is 0 Å². The molecule has 2 aromatic carbocycles. The quantitative estimate of drug-likeness (QED) is 0.584. The molecule has 1 heterocycles. The summed E-state index contributed by atoms with van der Waals surface area (Å²) in [5.74, 6) is -0.498. The number of alkyl halides is 3. The number of aromatic nitrogens is 1. The minimum atomic E-state index is -4.53. The van der Waals surface area contributed by atoms with Crippen LogP contribution in [0.25, 0.3) is 11.3 Å². The third-order valence-electron chi connectivity index (χ3n) is 4.94. The highest BCUT2D eigenvalue weighted by Crippen LogP contribution is 2.39. The summed E-state index contributed by atoms with van der Waals surface area (Å²) in [4.78, 5) is 13.0. The molecule has 0 spiro atoms. The number of nitrogens with zero attached hydrogens (tertiary/aromatic N) is 1. The highest BCUT2D eigenvalue weighted by Gasteiger charge is 2.35. The highest BCUT2D eigenvalue weighted by molar-refractivity contribution is 7.90. The van der Waals surface area contributed by atoms with Gasteiger partial charge in [-0.1, -0.05) is 18.2 Å². The summed E-state index contributed by atoms with van der Waals surface area (Å²) in [5.41, 5.74) is 0.594. The molecule has 5 nitrogen and oxygen atoms in total. The molecule has 0 bridgehead atoms. The first-order valence-corrected chi connectivity index (χ1v) is 11.3. The fourth-order valence-electron chi connectivity index (χ4n) is 3.42. The monoisotopic (exact) mass is 450 g/mol. The summed E-state index contributed by atoms with van der Waals surface area (Å²) in [6.45, 7) is 3.76. The molecule has 3 aromatic rings. The molecule has 164 valence electrons. The van der Waals surface area contributed by atoms with Crippen molar-refractivity contribution in [3.8, 4) is 11.3 Å². The van der Waals surface area contributed by atoms with E-state index < -0.39 is 27.5 Å². The first kappa shape index (κ1) is 22.6. The highest BCUT2D eigenvalue weighted by atomic mass is 32.2. The Hall–Kier alpha value is -3.07. The molecule has 0 fully saturated rings. The Balaban J connectivity index is 2.00. The van der Waals surface area contributed by atoms with E-state index in [9.17, 15) is 26.4 Å². The third-order valence-corrected chi connectivity index (χ3v) is 6.07. The van der Waals surface area contributed by atoms with Crippen LogP contribution in [0.1, 0.15) is 28.4 Å². The molecule has 0 aliphatic carbocycles. The van der Waals surface area contributed by atoms with Gasteiger partial charge in [0.25, 0.3) is 5.91 Å². The van der Waals surface area contributed by atoms with Crippen molar-refractivity contribution in [1.82, 2.24) is 4.57 Å². The number of carbonyl (C=O) groups excluding carboxylic acids is 1. The van der Waals surface area contributed by atoms with Gasteiger partial charge in [-0.05, 0) is 49.7 Å². The number of amides is 1. The average Bonchev–Trinajstić information content (AvgIpc) is 3.03. The number of carbonyl (C=O) groups is 1. The number of hydrogen-bond donors (Lipinski definition) is 1. The predicted molar refractivity (Wildman–Crippen MR) is 113 cm³/mol. The van der Waals surface area contributed by atoms with Crippen molar-refractivity contribution in [2.75, 3.05) is 11.6 Å². The minimum Gasteiger partial charge on any atom is -0.347 e. The molecule has 0 aliphatic rings. The first-order valence-electron chi connectivity index (χ1n) is 9.41. The molecule has 1 aromatic heterocycles. The van der Waals surface area contributed by atoms with Crippen molar-refractivity contribution >= 4 is 21.4 Å². The maximum absolute atomic E-state index is 13.5. The Bertz CT molecular complexity index is 1230. The van der Waals surface area contributed by atoms with Crippen molar-refractivity contribution in [2.45, 2.75) is 31.5 Å². The Morgan fingerprint density at radius 3 is 2.23 bits per heavy atom. The average molecular weight is 450 g/mol. The van der Waals surface area contributed by atoms with Gasteiger partial charge >= 0.3 is 6.18 Å². The fraction of sp³-hybridized carbons (Fsp3) is 0.227. The van der Waals surface area contributed by atoms with Crippen LogP contribution in [0.4, 0.5) is 18.9 Å². The second kappa shape index (κ2) is 8.22. The molecule has 1 N–H and O–H groups in total. The lowest BCUT2D eigenvalue weighted by Gasteiger charge is -2.15. The predicted octanol–water partition coefficient (Wildman–Crippen LogP) is 5.16. The van der Waals surface area contributed by atoms with Gasteiger partial charge < -0.3 is 9.88 Å². The van der Waals surface area contributed by atoms with E-state index in [1.807, 2.05) is 0 Å². The summed E-state index contributed by atoms with van der Waals surface area (Å²) in [7, 11) is -3.37. The maximum Gasteiger partial charge on any atom is 0.417 e. The summed E-state index contributed by atoms with van der Waals surface area (Å²) in [5, 5.41) is 2.67. The second-order valence-electron chi connectivity index (χ2n) is 7.10. The van der Waals surface area contributed by atoms with Crippen LogP contribution in [0, 0.1) is 6.92 Å². The molecule has 3 rings (SSSR count). The number of halogens is 3. The number of aryl methyl sites for hydroxylation is 1. The zero-order valence-electron chi connectivity index (χ0n) is 17.1. The van der Waals surface area contributed by atoms with Crippen LogP contribution in [0.2, 0.25) is 0 Å². The summed E-state index contributed by atoms with van der Waals surface area (Å²) in [6.07, 6.45) is -1.93. The molecule has 1 amide bonds. The SMILES string of the molecule is CCn1cc(C(=O)Nc2ccc(S(C)(=O)=O)cc2)c(C)c1-c1ccccc1C(F)(F)F. The molecular formula is C22H21F3N2O3S. The van der Waals surface area contributed by atoms with Gasteiger partial charge in [0.2, 0.25) is 0 Å². The molecule has 0 radical (unpaired) electrons. The molecule has 0 saturated heterocycles. The number of benzene rings is 2. The summed E-state index contributed by atoms with van der Waals surface area (Å²) >= 11 is 0. The van der Waals surface area contributed by atoms with Gasteiger partial charge in [0.15, 0.2) is 9.84 Å². The van der Waals surface area contributed by atoms with E-state index in [0.717, 1.165) is 12.3 Å². The maximum atomic E-state index is 13.5. The van der Waals surface area contributed by atoms with E-state index in [0.29, 0.717) is 23.5 Å². The van der Waals surface area contributed by atoms with Crippen molar-refractivity contribution < 1.29 is 26.4 Å². The Morgan fingerprint density at radius 2 is 1.68 bits per heavy atom. The van der Waals surface area contributed by atoms with Gasteiger partial charge in [-0.3, -0.25) is 4.79 Å². The fourth-order valence-corrected chi connectivity index (χ4v) is 4.05. The molecule has 0 aliphatic heterocycles. The van der Waals surface area contributed by atoms with Crippen LogP contribution in [-0.2, 0) is 22.6 Å². The Morgan fingerprint density at radius 1 is 1.06 bits per heavy atom. The van der Waals surface area contributed by atoms with Crippen molar-refractivity contribution in [3.05, 3.63) is 71.4 Å². The van der Waals surface area contributed by atoms with Crippen LogP contribution < -0.4 is 5.32 Å². The molecule has 9 heteroatoms. The van der Waals surface area contributed by atoms with E-state index in [2.05, 4.69) is 5.32 Å². The van der Waals surface area contributed by atoms with Crippen molar-refractivity contribution in [2.24, 2.45) is 0 Å². The number of sulfone groups is 1. The number of rotatable bonds is 5. The second-order valence-corrected chi connectivity index (χ2v) is 9.11. The van der Waals surface area contributed by atoms with E-state index in [-0.39, 0.29) is 16.0 Å². The molecule has 0 unspecified atom stereocenters. The Labute approximate surface area is 178 Å². The van der Waals surface area contributed by atoms with Gasteiger partial charge in [-0.2, -0.15) is 13.2 Å². The van der Waals surface area contributed by atoms with Crippen molar-refractivity contribution in [3.63, 3.8) is 0 Å². The van der Waals surface area contributed by atoms with Gasteiger partial charge in [-0.25, -0.2) is 8.42 Å². The lowest BCUT2D eigenvalue weighted by molar-refractivity contribution is -0.137. The van der Waals surface area contributed by atoms with Gasteiger partial charge in [0.05, 0.1) is 21.7 Å². The largest absolute Gasteiger partial charge is 0.417 e. The zero-order valence-corrected chi connectivity index (χ0v) is 17.9. The normalized spacial score (nSPS) is 12.1. The molecule has 0 atom stereocenters. The van der Waals surface area contributed by atoms with E-state index >= 15 is 0 Å². The minimum absolute atomic E-state index is 0.00547. The molecular weight excluding hydrogens is 429 g/mol. The standard InChI is InChI=1S/C22H21F3N2O3S/c1-4-27-13-18(21(28)26-15-9-11-16(12-10-15)31(3,29)30)14(2)20(27)17-7-5-6-8-19(17)22(23,24)25/h5-13H,4H2,1-3H3,(H,26,28). The van der Waals surface area contributed by atoms with Crippen LogP contribution in [0.5, 0.6) is 0 Å². The smallest absolute Gasteiger partial charge is 0.347 e. The lowest BCUT2D eigenvalue weighted by atomic mass is 10.00. The van der Waals surface area contributed by atoms with Gasteiger partial charge in [0, 0.05) is 30.2 Å². The molecule has 0 saturated carbocycles. The van der Waals surface area contributed by atoms with Gasteiger partial charge in [-0.15, -0.1) is 0 Å². The molecule has 31 heavy (non-hydrogen) atoms. The number of anilines is 1. The van der Waals surface area contributed by atoms with Gasteiger partial charge in [0.1, 0.15) is 0 Å². The number of nitrogens with one attached hydrogen (secondary N) is 1. The lowest BCUT2D eigenvalue weighted by Crippen LogP contribution is -2.12. The van der Waals surface area contributed by atoms with E-state index in [1.165, 1.54) is 48.7 Å². The first-order chi connectivity index (χ1) is 14.4. The Kier molecular flexibility index (Phi) is 6.00. The summed E-state index contributed by atoms with van der Waals surface area (Å²) < 4.78 is 65.4. The van der Waals surface area contributed by atoms with E-state index in [4.69, 9.17) is 0 Å². The van der Waals surface area contributed by atoms with Crippen LogP contribution in [0.3, 0.4) is 0 Å². The zero-order chi connectivity index (χ0) is 23.0. The summed E-state index contributed by atoms with van der Waals surface area (Å²) in [6, 6.07) is 10.9. The van der Waals surface area contributed by atoms with Crippen LogP contribution in [-0.4, -0.2) is 25.1 Å². The number of hydrogen-bond acceptors (Lipinski definition) is 3.